The second-order valence-corrected chi connectivity index (χ2v) is 10.1. The lowest BCUT2D eigenvalue weighted by Gasteiger charge is -2.24. The van der Waals surface area contributed by atoms with E-state index in [1.165, 1.54) is 44.5 Å². The van der Waals surface area contributed by atoms with Crippen LogP contribution in [-0.2, 0) is 19.6 Å². The van der Waals surface area contributed by atoms with Gasteiger partial charge in [-0.3, -0.25) is 13.9 Å². The first-order valence-corrected chi connectivity index (χ1v) is 13.1. The molecular formula is C28H26N4O5S. The highest BCUT2D eigenvalue weighted by Crippen LogP contribution is 2.26. The number of methoxy groups -OCH3 is 1. The molecule has 0 aliphatic heterocycles. The number of carbonyl (C=O) groups excluding carboxylic acids is 2. The van der Waals surface area contributed by atoms with Crippen LogP contribution in [0.4, 0.5) is 11.4 Å². The second-order valence-electron chi connectivity index (χ2n) is 8.28. The summed E-state index contributed by atoms with van der Waals surface area (Å²) in [5.74, 6) is -0.369. The fraction of sp³-hybridized carbons (Fsp3) is 0.107. The van der Waals surface area contributed by atoms with Crippen LogP contribution in [0.5, 0.6) is 5.75 Å². The lowest BCUT2D eigenvalue weighted by molar-refractivity contribution is -0.119. The van der Waals surface area contributed by atoms with Gasteiger partial charge in [-0.2, -0.15) is 5.10 Å². The van der Waals surface area contributed by atoms with Gasteiger partial charge in [0.25, 0.3) is 15.9 Å². The van der Waals surface area contributed by atoms with Gasteiger partial charge in [0.05, 0.1) is 23.9 Å². The highest BCUT2D eigenvalue weighted by Gasteiger charge is 2.27. The summed E-state index contributed by atoms with van der Waals surface area (Å²) < 4.78 is 33.3. The first kappa shape index (κ1) is 26.4. The monoisotopic (exact) mass is 530 g/mol. The third-order valence-corrected chi connectivity index (χ3v) is 7.41. The van der Waals surface area contributed by atoms with Crippen molar-refractivity contribution >= 4 is 50.2 Å². The molecule has 0 aliphatic rings. The number of benzene rings is 4. The maximum atomic E-state index is 13.6. The van der Waals surface area contributed by atoms with Crippen LogP contribution in [0.15, 0.2) is 101 Å². The van der Waals surface area contributed by atoms with Crippen LogP contribution in [0, 0.1) is 0 Å². The molecule has 0 saturated heterocycles. The van der Waals surface area contributed by atoms with Crippen LogP contribution in [0.3, 0.4) is 0 Å². The van der Waals surface area contributed by atoms with Crippen LogP contribution < -0.4 is 19.8 Å². The topological polar surface area (TPSA) is 117 Å². The fourth-order valence-corrected chi connectivity index (χ4v) is 5.23. The van der Waals surface area contributed by atoms with E-state index < -0.39 is 22.5 Å². The molecule has 194 valence electrons. The highest BCUT2D eigenvalue weighted by atomic mass is 32.2. The van der Waals surface area contributed by atoms with Gasteiger partial charge in [0.1, 0.15) is 12.3 Å². The number of hydrogen-bond donors (Lipinski definition) is 2. The number of fused-ring (bicyclic) bond motifs is 1. The van der Waals surface area contributed by atoms with Crippen molar-refractivity contribution in [2.45, 2.75) is 11.8 Å². The molecule has 4 aromatic carbocycles. The van der Waals surface area contributed by atoms with Gasteiger partial charge in [-0.05, 0) is 59.3 Å². The molecule has 4 aromatic rings. The SMILES string of the molecule is COc1ccc(N(CC(=O)NN=Cc2cccc3ccccc23)S(=O)(=O)c2ccc(NC(C)=O)cc2)cc1. The number of nitrogens with one attached hydrogen (secondary N) is 2. The van der Waals surface area contributed by atoms with E-state index in [4.69, 9.17) is 4.74 Å². The smallest absolute Gasteiger partial charge is 0.264 e. The minimum absolute atomic E-state index is 0.0468. The van der Waals surface area contributed by atoms with Crippen molar-refractivity contribution < 1.29 is 22.7 Å². The summed E-state index contributed by atoms with van der Waals surface area (Å²) in [7, 11) is -2.65. The zero-order chi connectivity index (χ0) is 27.1. The number of sulfonamides is 1. The average Bonchev–Trinajstić information content (AvgIpc) is 2.92. The van der Waals surface area contributed by atoms with Crippen molar-refractivity contribution in [3.05, 3.63) is 96.6 Å². The highest BCUT2D eigenvalue weighted by molar-refractivity contribution is 7.92. The summed E-state index contributed by atoms with van der Waals surface area (Å²) in [4.78, 5) is 24.1. The molecule has 2 amide bonds. The molecule has 0 atom stereocenters. The molecule has 0 aliphatic carbocycles. The summed E-state index contributed by atoms with van der Waals surface area (Å²) in [5.41, 5.74) is 3.95. The maximum absolute atomic E-state index is 13.6. The zero-order valence-electron chi connectivity index (χ0n) is 20.8. The molecule has 38 heavy (non-hydrogen) atoms. The number of ether oxygens (including phenoxy) is 1. The normalized spacial score (nSPS) is 11.3. The van der Waals surface area contributed by atoms with Gasteiger partial charge in [0, 0.05) is 18.2 Å². The number of anilines is 2. The fourth-order valence-electron chi connectivity index (χ4n) is 3.81. The van der Waals surface area contributed by atoms with Crippen LogP contribution in [0.25, 0.3) is 10.8 Å². The molecule has 0 aromatic heterocycles. The number of hydrogen-bond acceptors (Lipinski definition) is 6. The van der Waals surface area contributed by atoms with Crippen molar-refractivity contribution in [3.8, 4) is 5.75 Å². The van der Waals surface area contributed by atoms with Crippen LogP contribution >= 0.6 is 0 Å². The number of hydrazone groups is 1. The van der Waals surface area contributed by atoms with Gasteiger partial charge < -0.3 is 10.1 Å². The van der Waals surface area contributed by atoms with E-state index in [1.807, 2.05) is 42.5 Å². The van der Waals surface area contributed by atoms with Gasteiger partial charge >= 0.3 is 0 Å². The average molecular weight is 531 g/mol. The molecule has 0 saturated carbocycles. The minimum Gasteiger partial charge on any atom is -0.497 e. The first-order chi connectivity index (χ1) is 18.3. The van der Waals surface area contributed by atoms with Crippen molar-refractivity contribution in [1.82, 2.24) is 5.43 Å². The molecule has 0 bridgehead atoms. The Labute approximate surface area is 220 Å². The number of nitrogens with zero attached hydrogens (tertiary/aromatic N) is 2. The van der Waals surface area contributed by atoms with Gasteiger partial charge in [-0.15, -0.1) is 0 Å². The Bertz CT molecular complexity index is 1580. The largest absolute Gasteiger partial charge is 0.497 e. The maximum Gasteiger partial charge on any atom is 0.264 e. The van der Waals surface area contributed by atoms with E-state index in [0.29, 0.717) is 11.4 Å². The Morgan fingerprint density at radius 3 is 2.29 bits per heavy atom. The molecular weight excluding hydrogens is 504 g/mol. The van der Waals surface area contributed by atoms with E-state index in [-0.39, 0.29) is 16.5 Å². The summed E-state index contributed by atoms with van der Waals surface area (Å²) >= 11 is 0. The van der Waals surface area contributed by atoms with Crippen LogP contribution in [-0.4, -0.2) is 40.1 Å². The lowest BCUT2D eigenvalue weighted by atomic mass is 10.1. The van der Waals surface area contributed by atoms with Gasteiger partial charge in [0.2, 0.25) is 5.91 Å². The Hall–Kier alpha value is -4.70. The summed E-state index contributed by atoms with van der Waals surface area (Å²) in [5, 5.41) is 8.65. The predicted molar refractivity (Wildman–Crippen MR) is 148 cm³/mol. The van der Waals surface area contributed by atoms with E-state index in [1.54, 1.807) is 24.3 Å². The van der Waals surface area contributed by atoms with Crippen LogP contribution in [0.2, 0.25) is 0 Å². The molecule has 2 N–H and O–H groups in total. The van der Waals surface area contributed by atoms with E-state index in [9.17, 15) is 18.0 Å². The van der Waals surface area contributed by atoms with Crippen molar-refractivity contribution in [1.29, 1.82) is 0 Å². The van der Waals surface area contributed by atoms with Crippen molar-refractivity contribution in [2.24, 2.45) is 5.10 Å². The molecule has 0 fully saturated rings. The van der Waals surface area contributed by atoms with Crippen molar-refractivity contribution in [3.63, 3.8) is 0 Å². The Kier molecular flexibility index (Phi) is 8.03. The number of amides is 2. The number of carbonyl (C=O) groups is 2. The Balaban J connectivity index is 1.58. The van der Waals surface area contributed by atoms with E-state index >= 15 is 0 Å². The third kappa shape index (κ3) is 6.16. The van der Waals surface area contributed by atoms with Crippen LogP contribution in [0.1, 0.15) is 12.5 Å². The molecule has 0 heterocycles. The van der Waals surface area contributed by atoms with Gasteiger partial charge in [0.15, 0.2) is 0 Å². The summed E-state index contributed by atoms with van der Waals surface area (Å²) in [6, 6.07) is 25.5. The molecule has 10 heteroatoms. The quantitative estimate of drug-likeness (QED) is 0.249. The predicted octanol–water partition coefficient (Wildman–Crippen LogP) is 4.15. The standard InChI is InChI=1S/C28H26N4O5S/c1-20(33)30-23-10-16-26(17-11-23)38(35,36)32(24-12-14-25(37-2)15-13-24)19-28(34)31-29-18-22-8-5-7-21-6-3-4-9-27(21)22/h3-18H,19H2,1-2H3,(H,30,33)(H,31,34). The van der Waals surface area contributed by atoms with Gasteiger partial charge in [-0.25, -0.2) is 13.8 Å². The minimum atomic E-state index is -4.15. The molecule has 0 unspecified atom stereocenters. The molecule has 9 nitrogen and oxygen atoms in total. The number of rotatable bonds is 9. The summed E-state index contributed by atoms with van der Waals surface area (Å²) in [6.07, 6.45) is 1.52. The Morgan fingerprint density at radius 1 is 0.921 bits per heavy atom. The molecule has 0 radical (unpaired) electrons. The summed E-state index contributed by atoms with van der Waals surface area (Å²) in [6.45, 7) is 0.840. The van der Waals surface area contributed by atoms with Gasteiger partial charge in [-0.1, -0.05) is 42.5 Å². The van der Waals surface area contributed by atoms with Crippen molar-refractivity contribution in [2.75, 3.05) is 23.3 Å². The Morgan fingerprint density at radius 2 is 1.61 bits per heavy atom. The molecule has 4 rings (SSSR count). The second kappa shape index (κ2) is 11.6. The van der Waals surface area contributed by atoms with E-state index in [2.05, 4.69) is 15.8 Å². The zero-order valence-corrected chi connectivity index (χ0v) is 21.6. The van der Waals surface area contributed by atoms with E-state index in [0.717, 1.165) is 20.6 Å². The lowest BCUT2D eigenvalue weighted by Crippen LogP contribution is -2.39. The third-order valence-electron chi connectivity index (χ3n) is 5.63. The molecule has 0 spiro atoms. The first-order valence-electron chi connectivity index (χ1n) is 11.6.